The van der Waals surface area contributed by atoms with Crippen molar-refractivity contribution in [3.8, 4) is 0 Å². The van der Waals surface area contributed by atoms with Crippen LogP contribution in [0.3, 0.4) is 0 Å². The Morgan fingerprint density at radius 3 is 2.62 bits per heavy atom. The lowest BCUT2D eigenvalue weighted by molar-refractivity contribution is 0.137. The Labute approximate surface area is 101 Å². The lowest BCUT2D eigenvalue weighted by Crippen LogP contribution is -2.42. The second kappa shape index (κ2) is 5.05. The van der Waals surface area contributed by atoms with Gasteiger partial charge in [0.25, 0.3) is 0 Å². The third-order valence-electron chi connectivity index (χ3n) is 4.28. The third kappa shape index (κ3) is 3.21. The average molecular weight is 224 g/mol. The van der Waals surface area contributed by atoms with Crippen molar-refractivity contribution >= 4 is 0 Å². The number of nitrogens with zero attached hydrogens (tertiary/aromatic N) is 1. The van der Waals surface area contributed by atoms with Crippen LogP contribution >= 0.6 is 0 Å². The van der Waals surface area contributed by atoms with E-state index in [0.717, 1.165) is 12.0 Å². The minimum atomic E-state index is 0.420. The van der Waals surface area contributed by atoms with E-state index in [0.29, 0.717) is 5.54 Å². The molecule has 94 valence electrons. The van der Waals surface area contributed by atoms with Crippen LogP contribution in [-0.4, -0.2) is 36.1 Å². The molecule has 0 bridgehead atoms. The van der Waals surface area contributed by atoms with Gasteiger partial charge in [0.2, 0.25) is 0 Å². The fraction of sp³-hybridized carbons (Fsp3) is 1.00. The number of rotatable bonds is 6. The quantitative estimate of drug-likeness (QED) is 0.746. The summed E-state index contributed by atoms with van der Waals surface area (Å²) in [6.45, 7) is 11.0. The standard InChI is InChI=1S/C14H28N2/c1-4-8-14(2,3)16-9-7-12(11-16)10-15-13-5-6-13/h12-13,15H,4-11H2,1-3H3. The van der Waals surface area contributed by atoms with E-state index in [-0.39, 0.29) is 0 Å². The molecule has 16 heavy (non-hydrogen) atoms. The molecule has 1 saturated heterocycles. The Kier molecular flexibility index (Phi) is 3.91. The normalized spacial score (nSPS) is 27.6. The lowest BCUT2D eigenvalue weighted by atomic mass is 9.97. The topological polar surface area (TPSA) is 15.3 Å². The van der Waals surface area contributed by atoms with Gasteiger partial charge in [-0.2, -0.15) is 0 Å². The predicted molar refractivity (Wildman–Crippen MR) is 69.7 cm³/mol. The fourth-order valence-electron chi connectivity index (χ4n) is 2.94. The van der Waals surface area contributed by atoms with E-state index in [2.05, 4.69) is 31.0 Å². The average Bonchev–Trinajstić information content (AvgIpc) is 2.92. The van der Waals surface area contributed by atoms with E-state index in [1.165, 1.54) is 51.7 Å². The van der Waals surface area contributed by atoms with Crippen molar-refractivity contribution < 1.29 is 0 Å². The van der Waals surface area contributed by atoms with Crippen LogP contribution in [0, 0.1) is 5.92 Å². The molecule has 0 spiro atoms. The van der Waals surface area contributed by atoms with Crippen molar-refractivity contribution in [1.82, 2.24) is 10.2 Å². The summed E-state index contributed by atoms with van der Waals surface area (Å²) < 4.78 is 0. The van der Waals surface area contributed by atoms with E-state index in [9.17, 15) is 0 Å². The second-order valence-electron chi connectivity index (χ2n) is 6.35. The molecule has 0 aromatic rings. The van der Waals surface area contributed by atoms with Crippen molar-refractivity contribution in [2.75, 3.05) is 19.6 Å². The summed E-state index contributed by atoms with van der Waals surface area (Å²) in [5.41, 5.74) is 0.420. The Morgan fingerprint density at radius 2 is 2.00 bits per heavy atom. The molecule has 1 atom stereocenters. The molecule has 2 fully saturated rings. The van der Waals surface area contributed by atoms with Gasteiger partial charge >= 0.3 is 0 Å². The molecule has 0 aromatic heterocycles. The molecule has 2 rings (SSSR count). The molecule has 1 N–H and O–H groups in total. The molecule has 0 amide bonds. The van der Waals surface area contributed by atoms with Crippen LogP contribution < -0.4 is 5.32 Å². The highest BCUT2D eigenvalue weighted by Crippen LogP contribution is 2.28. The minimum Gasteiger partial charge on any atom is -0.314 e. The van der Waals surface area contributed by atoms with Crippen molar-refractivity contribution in [3.63, 3.8) is 0 Å². The zero-order valence-electron chi connectivity index (χ0n) is 11.3. The molecule has 1 aliphatic carbocycles. The Hall–Kier alpha value is -0.0800. The van der Waals surface area contributed by atoms with E-state index in [1.54, 1.807) is 0 Å². The lowest BCUT2D eigenvalue weighted by Gasteiger charge is -2.35. The van der Waals surface area contributed by atoms with Gasteiger partial charge in [0, 0.05) is 18.1 Å². The Balaban J connectivity index is 1.72. The summed E-state index contributed by atoms with van der Waals surface area (Å²) in [6, 6.07) is 0.873. The maximum atomic E-state index is 3.68. The van der Waals surface area contributed by atoms with Gasteiger partial charge in [-0.25, -0.2) is 0 Å². The largest absolute Gasteiger partial charge is 0.314 e. The van der Waals surface area contributed by atoms with Crippen LogP contribution in [0.2, 0.25) is 0 Å². The Bertz CT molecular complexity index is 221. The van der Waals surface area contributed by atoms with Crippen LogP contribution in [0.4, 0.5) is 0 Å². The monoisotopic (exact) mass is 224 g/mol. The molecule has 2 aliphatic rings. The number of nitrogens with one attached hydrogen (secondary N) is 1. The highest BCUT2D eigenvalue weighted by Gasteiger charge is 2.33. The van der Waals surface area contributed by atoms with E-state index in [1.807, 2.05) is 0 Å². The smallest absolute Gasteiger partial charge is 0.0153 e. The van der Waals surface area contributed by atoms with Gasteiger partial charge in [0.15, 0.2) is 0 Å². The molecule has 1 saturated carbocycles. The molecular weight excluding hydrogens is 196 g/mol. The van der Waals surface area contributed by atoms with Gasteiger partial charge in [0.1, 0.15) is 0 Å². The third-order valence-corrected chi connectivity index (χ3v) is 4.28. The van der Waals surface area contributed by atoms with Crippen LogP contribution in [0.25, 0.3) is 0 Å². The van der Waals surface area contributed by atoms with Crippen LogP contribution in [0.1, 0.15) is 52.9 Å². The van der Waals surface area contributed by atoms with Crippen LogP contribution in [-0.2, 0) is 0 Å². The van der Waals surface area contributed by atoms with Crippen LogP contribution in [0.5, 0.6) is 0 Å². The fourth-order valence-corrected chi connectivity index (χ4v) is 2.94. The minimum absolute atomic E-state index is 0.420. The second-order valence-corrected chi connectivity index (χ2v) is 6.35. The molecular formula is C14H28N2. The first kappa shape index (κ1) is 12.4. The zero-order valence-corrected chi connectivity index (χ0v) is 11.3. The first-order chi connectivity index (χ1) is 7.62. The Morgan fingerprint density at radius 1 is 1.25 bits per heavy atom. The van der Waals surface area contributed by atoms with E-state index in [4.69, 9.17) is 0 Å². The summed E-state index contributed by atoms with van der Waals surface area (Å²) in [7, 11) is 0. The van der Waals surface area contributed by atoms with Crippen molar-refractivity contribution in [1.29, 1.82) is 0 Å². The van der Waals surface area contributed by atoms with Gasteiger partial charge in [0.05, 0.1) is 0 Å². The number of hydrogen-bond acceptors (Lipinski definition) is 2. The first-order valence-corrected chi connectivity index (χ1v) is 7.10. The van der Waals surface area contributed by atoms with Crippen molar-refractivity contribution in [3.05, 3.63) is 0 Å². The molecule has 2 nitrogen and oxygen atoms in total. The van der Waals surface area contributed by atoms with Gasteiger partial charge in [-0.3, -0.25) is 4.90 Å². The molecule has 0 aromatic carbocycles. The van der Waals surface area contributed by atoms with E-state index >= 15 is 0 Å². The summed E-state index contributed by atoms with van der Waals surface area (Å²) in [4.78, 5) is 2.70. The highest BCUT2D eigenvalue weighted by atomic mass is 15.2. The molecule has 2 heteroatoms. The highest BCUT2D eigenvalue weighted by molar-refractivity contribution is 4.89. The summed E-state index contributed by atoms with van der Waals surface area (Å²) in [6.07, 6.45) is 6.85. The summed E-state index contributed by atoms with van der Waals surface area (Å²) >= 11 is 0. The maximum Gasteiger partial charge on any atom is 0.0153 e. The SMILES string of the molecule is CCCC(C)(C)N1CCC(CNC2CC2)C1. The molecule has 1 aliphatic heterocycles. The number of likely N-dealkylation sites (tertiary alicyclic amines) is 1. The predicted octanol–water partition coefficient (Wildman–Crippen LogP) is 2.64. The van der Waals surface area contributed by atoms with Crippen molar-refractivity contribution in [2.45, 2.75) is 64.5 Å². The van der Waals surface area contributed by atoms with Gasteiger partial charge in [-0.05, 0) is 58.5 Å². The van der Waals surface area contributed by atoms with Crippen molar-refractivity contribution in [2.24, 2.45) is 5.92 Å². The van der Waals surface area contributed by atoms with Crippen LogP contribution in [0.15, 0.2) is 0 Å². The van der Waals surface area contributed by atoms with Gasteiger partial charge < -0.3 is 5.32 Å². The maximum absolute atomic E-state index is 3.68. The summed E-state index contributed by atoms with van der Waals surface area (Å²) in [5, 5.41) is 3.68. The molecule has 0 radical (unpaired) electrons. The number of hydrogen-bond donors (Lipinski definition) is 1. The first-order valence-electron chi connectivity index (χ1n) is 7.10. The summed E-state index contributed by atoms with van der Waals surface area (Å²) in [5.74, 6) is 0.900. The molecule has 1 heterocycles. The molecule has 1 unspecified atom stereocenters. The van der Waals surface area contributed by atoms with Gasteiger partial charge in [-0.15, -0.1) is 0 Å². The zero-order chi connectivity index (χ0) is 11.6. The van der Waals surface area contributed by atoms with Gasteiger partial charge in [-0.1, -0.05) is 13.3 Å². The van der Waals surface area contributed by atoms with E-state index < -0.39 is 0 Å².